The van der Waals surface area contributed by atoms with Crippen LogP contribution >= 0.6 is 15.9 Å². The lowest BCUT2D eigenvalue weighted by Gasteiger charge is -2.50. The SMILES string of the molecule is CN(C)c1ccc(C[C@@H]2[C@H](OC(=O)Nc3ccc(Br)cc3)C3CCN2CC3)cc1. The Morgan fingerprint density at radius 3 is 2.38 bits per heavy atom. The number of nitrogens with zero attached hydrogens (tertiary/aromatic N) is 2. The van der Waals surface area contributed by atoms with Crippen molar-refractivity contribution in [3.05, 3.63) is 58.6 Å². The first kappa shape index (κ1) is 20.2. The third kappa shape index (κ3) is 4.75. The van der Waals surface area contributed by atoms with Crippen LogP contribution in [0.25, 0.3) is 0 Å². The maximum atomic E-state index is 12.6. The normalized spacial score (nSPS) is 25.5. The van der Waals surface area contributed by atoms with Gasteiger partial charge in [0.05, 0.1) is 6.04 Å². The number of rotatable bonds is 5. The molecule has 2 atom stereocenters. The summed E-state index contributed by atoms with van der Waals surface area (Å²) in [6.07, 6.45) is 2.68. The third-order valence-electron chi connectivity index (χ3n) is 6.12. The van der Waals surface area contributed by atoms with Gasteiger partial charge in [-0.3, -0.25) is 10.2 Å². The smallest absolute Gasteiger partial charge is 0.411 e. The van der Waals surface area contributed by atoms with Gasteiger partial charge in [-0.2, -0.15) is 0 Å². The third-order valence-corrected chi connectivity index (χ3v) is 6.65. The average molecular weight is 458 g/mol. The van der Waals surface area contributed by atoms with Gasteiger partial charge in [-0.15, -0.1) is 0 Å². The lowest BCUT2D eigenvalue weighted by molar-refractivity contribution is -0.0741. The Kier molecular flexibility index (Phi) is 6.11. The fraction of sp³-hybridized carbons (Fsp3) is 0.435. The Bertz CT molecular complexity index is 830. The fourth-order valence-electron chi connectivity index (χ4n) is 4.50. The van der Waals surface area contributed by atoms with E-state index in [0.717, 1.165) is 42.5 Å². The maximum Gasteiger partial charge on any atom is 0.411 e. The van der Waals surface area contributed by atoms with Crippen LogP contribution in [0.5, 0.6) is 0 Å². The number of halogens is 1. The highest BCUT2D eigenvalue weighted by Gasteiger charge is 2.44. The second-order valence-corrected chi connectivity index (χ2v) is 9.12. The minimum Gasteiger partial charge on any atom is -0.444 e. The van der Waals surface area contributed by atoms with Crippen LogP contribution in [0.15, 0.2) is 53.0 Å². The molecular weight excluding hydrogens is 430 g/mol. The number of ether oxygens (including phenoxy) is 1. The second-order valence-electron chi connectivity index (χ2n) is 8.21. The van der Waals surface area contributed by atoms with Gasteiger partial charge in [0.1, 0.15) is 6.10 Å². The summed E-state index contributed by atoms with van der Waals surface area (Å²) in [5, 5.41) is 2.87. The van der Waals surface area contributed by atoms with E-state index in [1.807, 2.05) is 24.3 Å². The number of hydrogen-bond donors (Lipinski definition) is 1. The monoisotopic (exact) mass is 457 g/mol. The largest absolute Gasteiger partial charge is 0.444 e. The van der Waals surface area contributed by atoms with Crippen molar-refractivity contribution in [3.63, 3.8) is 0 Å². The molecule has 0 aromatic heterocycles. The summed E-state index contributed by atoms with van der Waals surface area (Å²) in [5.74, 6) is 0.446. The van der Waals surface area contributed by atoms with Crippen LogP contribution < -0.4 is 10.2 Å². The number of nitrogens with one attached hydrogen (secondary N) is 1. The molecule has 0 aliphatic carbocycles. The molecule has 2 aromatic carbocycles. The molecule has 6 heteroatoms. The van der Waals surface area contributed by atoms with Crippen LogP contribution in [0, 0.1) is 5.92 Å². The van der Waals surface area contributed by atoms with E-state index in [-0.39, 0.29) is 18.2 Å². The Labute approximate surface area is 181 Å². The zero-order valence-corrected chi connectivity index (χ0v) is 18.6. The molecule has 3 fully saturated rings. The first-order valence-electron chi connectivity index (χ1n) is 10.2. The van der Waals surface area contributed by atoms with Gasteiger partial charge in [-0.25, -0.2) is 4.79 Å². The summed E-state index contributed by atoms with van der Waals surface area (Å²) >= 11 is 3.41. The van der Waals surface area contributed by atoms with E-state index in [4.69, 9.17) is 4.74 Å². The van der Waals surface area contributed by atoms with Crippen LogP contribution in [0.2, 0.25) is 0 Å². The topological polar surface area (TPSA) is 44.8 Å². The molecule has 3 aliphatic rings. The average Bonchev–Trinajstić information content (AvgIpc) is 2.72. The summed E-state index contributed by atoms with van der Waals surface area (Å²) < 4.78 is 6.98. The van der Waals surface area contributed by atoms with Gasteiger partial charge >= 0.3 is 6.09 Å². The number of fused-ring (bicyclic) bond motifs is 3. The van der Waals surface area contributed by atoms with Crippen molar-refractivity contribution in [1.82, 2.24) is 4.90 Å². The molecule has 29 heavy (non-hydrogen) atoms. The summed E-state index contributed by atoms with van der Waals surface area (Å²) in [7, 11) is 4.10. The predicted octanol–water partition coefficient (Wildman–Crippen LogP) is 4.77. The zero-order chi connectivity index (χ0) is 20.4. The minimum absolute atomic E-state index is 0.0681. The van der Waals surface area contributed by atoms with Crippen LogP contribution in [0.4, 0.5) is 16.2 Å². The molecule has 1 N–H and O–H groups in total. The van der Waals surface area contributed by atoms with Crippen LogP contribution in [0.3, 0.4) is 0 Å². The maximum absolute atomic E-state index is 12.6. The van der Waals surface area contributed by atoms with Crippen molar-refractivity contribution < 1.29 is 9.53 Å². The highest BCUT2D eigenvalue weighted by atomic mass is 79.9. The zero-order valence-electron chi connectivity index (χ0n) is 17.0. The van der Waals surface area contributed by atoms with E-state index in [9.17, 15) is 4.79 Å². The molecular formula is C23H28BrN3O2. The fourth-order valence-corrected chi connectivity index (χ4v) is 4.76. The van der Waals surface area contributed by atoms with Crippen molar-refractivity contribution >= 4 is 33.4 Å². The quantitative estimate of drug-likeness (QED) is 0.701. The number of carbonyl (C=O) groups is 1. The summed E-state index contributed by atoms with van der Waals surface area (Å²) in [4.78, 5) is 17.2. The Hall–Kier alpha value is -2.05. The van der Waals surface area contributed by atoms with Gasteiger partial charge < -0.3 is 9.64 Å². The van der Waals surface area contributed by atoms with E-state index in [1.165, 1.54) is 11.3 Å². The molecule has 154 valence electrons. The van der Waals surface area contributed by atoms with Gasteiger partial charge in [0.2, 0.25) is 0 Å². The molecule has 0 saturated carbocycles. The number of carbonyl (C=O) groups excluding carboxylic acids is 1. The highest BCUT2D eigenvalue weighted by Crippen LogP contribution is 2.36. The molecule has 0 unspecified atom stereocenters. The molecule has 3 aliphatic heterocycles. The molecule has 1 amide bonds. The first-order chi connectivity index (χ1) is 14.0. The molecule has 3 saturated heterocycles. The van der Waals surface area contributed by atoms with Gasteiger partial charge in [-0.1, -0.05) is 28.1 Å². The molecule has 0 spiro atoms. The molecule has 5 nitrogen and oxygen atoms in total. The van der Waals surface area contributed by atoms with E-state index >= 15 is 0 Å². The van der Waals surface area contributed by atoms with Crippen LogP contribution in [0.1, 0.15) is 18.4 Å². The molecule has 2 bridgehead atoms. The summed E-state index contributed by atoms with van der Waals surface area (Å²) in [6, 6.07) is 16.5. The molecule has 0 radical (unpaired) electrons. The van der Waals surface area contributed by atoms with Gasteiger partial charge in [0.15, 0.2) is 0 Å². The Balaban J connectivity index is 1.44. The molecule has 3 heterocycles. The summed E-state index contributed by atoms with van der Waals surface area (Å²) in [5.41, 5.74) is 3.23. The van der Waals surface area contributed by atoms with E-state index in [2.05, 4.69) is 69.4 Å². The molecule has 5 rings (SSSR count). The summed E-state index contributed by atoms with van der Waals surface area (Å²) in [6.45, 7) is 2.19. The van der Waals surface area contributed by atoms with Crippen molar-refractivity contribution in [2.45, 2.75) is 31.4 Å². The predicted molar refractivity (Wildman–Crippen MR) is 121 cm³/mol. The number of amides is 1. The minimum atomic E-state index is -0.362. The van der Waals surface area contributed by atoms with Crippen molar-refractivity contribution in [3.8, 4) is 0 Å². The standard InChI is InChI=1S/C23H28BrN3O2/c1-26(2)20-9-3-16(4-10-20)15-21-22(17-11-13-27(21)14-12-17)29-23(28)25-19-7-5-18(24)6-8-19/h3-10,17,21-22H,11-15H2,1-2H3,(H,25,28)/t21-,22-/m1/s1. The van der Waals surface area contributed by atoms with E-state index in [1.54, 1.807) is 0 Å². The van der Waals surface area contributed by atoms with Gasteiger partial charge in [0, 0.05) is 35.9 Å². The number of anilines is 2. The number of piperidine rings is 3. The van der Waals surface area contributed by atoms with Crippen molar-refractivity contribution in [2.24, 2.45) is 5.92 Å². The molecule has 2 aromatic rings. The Morgan fingerprint density at radius 1 is 1.10 bits per heavy atom. The first-order valence-corrected chi connectivity index (χ1v) is 11.0. The van der Waals surface area contributed by atoms with Gasteiger partial charge in [0.25, 0.3) is 0 Å². The highest BCUT2D eigenvalue weighted by molar-refractivity contribution is 9.10. The lowest BCUT2D eigenvalue weighted by atomic mass is 9.78. The second kappa shape index (κ2) is 8.76. The van der Waals surface area contributed by atoms with Crippen LogP contribution in [-0.4, -0.2) is 50.3 Å². The lowest BCUT2D eigenvalue weighted by Crippen LogP contribution is -2.60. The number of benzene rings is 2. The van der Waals surface area contributed by atoms with Crippen LogP contribution in [-0.2, 0) is 11.2 Å². The number of hydrogen-bond acceptors (Lipinski definition) is 4. The Morgan fingerprint density at radius 2 is 1.76 bits per heavy atom. The van der Waals surface area contributed by atoms with Crippen molar-refractivity contribution in [1.29, 1.82) is 0 Å². The van der Waals surface area contributed by atoms with Crippen molar-refractivity contribution in [2.75, 3.05) is 37.4 Å². The van der Waals surface area contributed by atoms with Gasteiger partial charge in [-0.05, 0) is 74.3 Å². The van der Waals surface area contributed by atoms with E-state index in [0.29, 0.717) is 5.92 Å². The van der Waals surface area contributed by atoms with E-state index < -0.39 is 0 Å².